The van der Waals surface area contributed by atoms with Crippen molar-refractivity contribution in [2.45, 2.75) is 58.5 Å². The van der Waals surface area contributed by atoms with Gasteiger partial charge in [0.1, 0.15) is 5.82 Å². The highest BCUT2D eigenvalue weighted by Crippen LogP contribution is 2.30. The number of aromatic amines is 1. The highest BCUT2D eigenvalue weighted by Gasteiger charge is 2.27. The number of aryl methyl sites for hydroxylation is 1. The number of aromatic nitrogens is 6. The molecule has 1 aliphatic rings. The molecule has 5 rings (SSSR count). The average Bonchev–Trinajstić information content (AvgIpc) is 3.75. The molecule has 1 aliphatic heterocycles. The number of hydrazine groups is 1. The summed E-state index contributed by atoms with van der Waals surface area (Å²) in [7, 11) is 0. The molecule has 0 amide bonds. The standard InChI is InChI=1S/C28H32ClN9O4/c1-3-4-11-24-30-26(29)25(28(39)41-18-42-35-38(40)37-16-7-8-19(37)2)36(24)17-20-12-14-21(15-13-20)22-9-5-6-10-23(22)27-31-33-34-32-27/h5-6,9-10,12-15,19H,3-4,7-8,11,16-18H2,1-2H3,(H,31,32,33,34)/b38-35-. The third-order valence-electron chi connectivity index (χ3n) is 7.18. The second kappa shape index (κ2) is 13.4. The van der Waals surface area contributed by atoms with Gasteiger partial charge in [0, 0.05) is 18.5 Å². The summed E-state index contributed by atoms with van der Waals surface area (Å²) in [6.07, 6.45) is 4.29. The molecule has 14 heteroatoms. The van der Waals surface area contributed by atoms with Gasteiger partial charge in [0.2, 0.25) is 11.1 Å². The number of hydrogen-bond donors (Lipinski definition) is 1. The van der Waals surface area contributed by atoms with Gasteiger partial charge >= 0.3 is 5.97 Å². The molecule has 0 aliphatic carbocycles. The molecule has 2 aromatic heterocycles. The van der Waals surface area contributed by atoms with Crippen molar-refractivity contribution in [2.24, 2.45) is 5.28 Å². The van der Waals surface area contributed by atoms with Crippen LogP contribution in [0.5, 0.6) is 0 Å². The molecule has 0 spiro atoms. The van der Waals surface area contributed by atoms with Gasteiger partial charge in [-0.05, 0) is 48.1 Å². The molecule has 1 saturated heterocycles. The molecule has 0 saturated carbocycles. The van der Waals surface area contributed by atoms with E-state index >= 15 is 0 Å². The minimum absolute atomic E-state index is 0.0463. The van der Waals surface area contributed by atoms with E-state index in [0.717, 1.165) is 47.9 Å². The maximum absolute atomic E-state index is 13.1. The van der Waals surface area contributed by atoms with Gasteiger partial charge in [0.05, 0.1) is 17.6 Å². The molecule has 0 bridgehead atoms. The Labute approximate surface area is 247 Å². The Balaban J connectivity index is 1.32. The molecule has 3 heterocycles. The number of unbranched alkanes of at least 4 members (excludes halogenated alkanes) is 1. The lowest BCUT2D eigenvalue weighted by atomic mass is 9.98. The molecule has 1 fully saturated rings. The Kier molecular flexibility index (Phi) is 9.27. The van der Waals surface area contributed by atoms with E-state index in [1.807, 2.05) is 55.5 Å². The van der Waals surface area contributed by atoms with Crippen molar-refractivity contribution in [3.8, 4) is 22.5 Å². The lowest BCUT2D eigenvalue weighted by Crippen LogP contribution is -2.33. The summed E-state index contributed by atoms with van der Waals surface area (Å²) in [5.74, 6) is 0.472. The van der Waals surface area contributed by atoms with Crippen molar-refractivity contribution in [3.63, 3.8) is 0 Å². The molecular weight excluding hydrogens is 562 g/mol. The van der Waals surface area contributed by atoms with E-state index in [1.54, 1.807) is 9.58 Å². The molecule has 1 unspecified atom stereocenters. The van der Waals surface area contributed by atoms with E-state index in [2.05, 4.69) is 37.8 Å². The van der Waals surface area contributed by atoms with Crippen LogP contribution in [0.4, 0.5) is 0 Å². The number of ether oxygens (including phenoxy) is 1. The molecule has 42 heavy (non-hydrogen) atoms. The normalized spacial score (nSPS) is 15.3. The lowest BCUT2D eigenvalue weighted by Gasteiger charge is -2.16. The average molecular weight is 594 g/mol. The first-order valence-corrected chi connectivity index (χ1v) is 14.2. The second-order valence-corrected chi connectivity index (χ2v) is 10.4. The number of nitrogens with one attached hydrogen (secondary N) is 1. The summed E-state index contributed by atoms with van der Waals surface area (Å²) in [6.45, 7) is 4.43. The van der Waals surface area contributed by atoms with Crippen LogP contribution in [-0.4, -0.2) is 65.5 Å². The van der Waals surface area contributed by atoms with Crippen molar-refractivity contribution in [2.75, 3.05) is 13.3 Å². The zero-order valence-corrected chi connectivity index (χ0v) is 24.2. The van der Waals surface area contributed by atoms with Crippen molar-refractivity contribution in [1.82, 2.24) is 35.2 Å². The maximum Gasteiger partial charge on any atom is 0.361 e. The first-order valence-electron chi connectivity index (χ1n) is 13.9. The van der Waals surface area contributed by atoms with Crippen molar-refractivity contribution in [1.29, 1.82) is 0 Å². The van der Waals surface area contributed by atoms with Crippen LogP contribution in [0, 0.1) is 5.21 Å². The zero-order chi connectivity index (χ0) is 29.5. The number of carbonyl (C=O) groups excluding carboxylic acids is 1. The number of carbonyl (C=O) groups is 1. The SMILES string of the molecule is CCCCc1nc(Cl)c(C(=O)OCO/N=[N+](\[O-])N2CCCC2C)n1Cc1ccc(-c2ccccc2-c2nn[nH]n2)cc1. The largest absolute Gasteiger partial charge is 0.569 e. The fraction of sp³-hybridized carbons (Fsp3) is 0.393. The minimum Gasteiger partial charge on any atom is -0.569 e. The zero-order valence-electron chi connectivity index (χ0n) is 23.4. The van der Waals surface area contributed by atoms with E-state index in [9.17, 15) is 10.0 Å². The number of nitrogens with zero attached hydrogens (tertiary/aromatic N) is 8. The van der Waals surface area contributed by atoms with Crippen LogP contribution in [0.2, 0.25) is 5.15 Å². The van der Waals surface area contributed by atoms with Gasteiger partial charge in [-0.1, -0.05) is 73.5 Å². The minimum atomic E-state index is -0.719. The Bertz CT molecular complexity index is 1520. The fourth-order valence-electron chi connectivity index (χ4n) is 4.98. The number of benzene rings is 2. The Morgan fingerprint density at radius 2 is 2.00 bits per heavy atom. The summed E-state index contributed by atoms with van der Waals surface area (Å²) in [5, 5.41) is 31.6. The maximum atomic E-state index is 13.1. The van der Waals surface area contributed by atoms with Gasteiger partial charge in [-0.2, -0.15) is 5.21 Å². The van der Waals surface area contributed by atoms with Crippen LogP contribution in [-0.2, 0) is 22.5 Å². The number of tetrazole rings is 1. The quantitative estimate of drug-likeness (QED) is 0.0585. The Hall–Kier alpha value is -4.52. The molecule has 13 nitrogen and oxygen atoms in total. The van der Waals surface area contributed by atoms with E-state index in [0.29, 0.717) is 36.1 Å². The van der Waals surface area contributed by atoms with Crippen LogP contribution in [0.3, 0.4) is 0 Å². The number of rotatable bonds is 12. The number of esters is 1. The first-order chi connectivity index (χ1) is 20.5. The van der Waals surface area contributed by atoms with E-state index in [4.69, 9.17) is 21.2 Å². The van der Waals surface area contributed by atoms with Gasteiger partial charge < -0.3 is 19.3 Å². The summed E-state index contributed by atoms with van der Waals surface area (Å²) >= 11 is 6.45. The van der Waals surface area contributed by atoms with Gasteiger partial charge in [-0.15, -0.1) is 15.2 Å². The third kappa shape index (κ3) is 6.51. The first kappa shape index (κ1) is 29.0. The van der Waals surface area contributed by atoms with E-state index < -0.39 is 12.8 Å². The second-order valence-electron chi connectivity index (χ2n) is 10.0. The molecule has 220 valence electrons. The smallest absolute Gasteiger partial charge is 0.361 e. The van der Waals surface area contributed by atoms with Crippen molar-refractivity contribution >= 4 is 17.6 Å². The van der Waals surface area contributed by atoms with Crippen LogP contribution in [0.15, 0.2) is 53.8 Å². The van der Waals surface area contributed by atoms with Gasteiger partial charge in [0.15, 0.2) is 10.8 Å². The summed E-state index contributed by atoms with van der Waals surface area (Å²) < 4.78 is 7.04. The highest BCUT2D eigenvalue weighted by molar-refractivity contribution is 6.32. The number of hydrogen-bond acceptors (Lipinski definition) is 9. The molecule has 1 N–H and O–H groups in total. The predicted octanol–water partition coefficient (Wildman–Crippen LogP) is 5.18. The number of H-pyrrole nitrogens is 1. The summed E-state index contributed by atoms with van der Waals surface area (Å²) in [4.78, 5) is 22.9. The van der Waals surface area contributed by atoms with Crippen molar-refractivity contribution < 1.29 is 19.3 Å². The molecule has 2 aromatic carbocycles. The molecular formula is C28H32ClN9O4. The number of halogens is 1. The van der Waals surface area contributed by atoms with Crippen molar-refractivity contribution in [3.05, 3.63) is 76.0 Å². The lowest BCUT2D eigenvalue weighted by molar-refractivity contribution is -0.714. The topological polar surface area (TPSA) is 149 Å². The van der Waals surface area contributed by atoms with Gasteiger partial charge in [-0.3, -0.25) is 0 Å². The Morgan fingerprint density at radius 1 is 1.21 bits per heavy atom. The van der Waals surface area contributed by atoms with Gasteiger partial charge in [0.25, 0.3) is 6.79 Å². The fourth-order valence-corrected chi connectivity index (χ4v) is 5.25. The molecule has 4 aromatic rings. The van der Waals surface area contributed by atoms with Crippen LogP contribution < -0.4 is 0 Å². The predicted molar refractivity (Wildman–Crippen MR) is 153 cm³/mol. The van der Waals surface area contributed by atoms with Crippen LogP contribution in [0.1, 0.15) is 61.4 Å². The highest BCUT2D eigenvalue weighted by atomic mass is 35.5. The van der Waals surface area contributed by atoms with Crippen LogP contribution in [0.25, 0.3) is 22.5 Å². The monoisotopic (exact) mass is 593 g/mol. The van der Waals surface area contributed by atoms with E-state index in [1.165, 1.54) is 0 Å². The van der Waals surface area contributed by atoms with Crippen LogP contribution >= 0.6 is 11.6 Å². The van der Waals surface area contributed by atoms with E-state index in [-0.39, 0.29) is 16.9 Å². The number of imidazole rings is 1. The molecule has 0 radical (unpaired) electrons. The van der Waals surface area contributed by atoms with Gasteiger partial charge in [-0.25, -0.2) is 9.78 Å². The Morgan fingerprint density at radius 3 is 2.69 bits per heavy atom. The summed E-state index contributed by atoms with van der Waals surface area (Å²) in [5.41, 5.74) is 3.85. The molecule has 1 atom stereocenters. The third-order valence-corrected chi connectivity index (χ3v) is 7.44. The summed E-state index contributed by atoms with van der Waals surface area (Å²) in [6, 6.07) is 15.9.